The fourth-order valence-electron chi connectivity index (χ4n) is 2.04. The lowest BCUT2D eigenvalue weighted by Gasteiger charge is -2.28. The molecule has 4 heteroatoms. The maximum atomic E-state index is 5.35. The van der Waals surface area contributed by atoms with Gasteiger partial charge in [0, 0.05) is 13.1 Å². The highest BCUT2D eigenvalue weighted by Crippen LogP contribution is 2.08. The lowest BCUT2D eigenvalue weighted by Crippen LogP contribution is -2.40. The van der Waals surface area contributed by atoms with Crippen LogP contribution < -0.4 is 5.43 Å². The minimum Gasteiger partial charge on any atom is -0.348 e. The molecule has 0 unspecified atom stereocenters. The van der Waals surface area contributed by atoms with E-state index in [1.807, 2.05) is 37.3 Å². The number of rotatable bonds is 2. The predicted octanol–water partition coefficient (Wildman–Crippen LogP) is 2.77. The third kappa shape index (κ3) is 3.53. The Balaban J connectivity index is 1.91. The number of benzene rings is 1. The first-order valence-electron chi connectivity index (χ1n) is 6.42. The smallest absolute Gasteiger partial charge is 0.189 e. The summed E-state index contributed by atoms with van der Waals surface area (Å²) in [5.41, 5.74) is 5.07. The molecule has 0 amide bonds. The summed E-state index contributed by atoms with van der Waals surface area (Å²) in [5, 5.41) is 5.09. The van der Waals surface area contributed by atoms with Crippen molar-refractivity contribution in [1.82, 2.24) is 10.3 Å². The van der Waals surface area contributed by atoms with Crippen LogP contribution in [0.2, 0.25) is 0 Å². The molecule has 1 fully saturated rings. The highest BCUT2D eigenvalue weighted by atomic mass is 32.1. The van der Waals surface area contributed by atoms with Crippen LogP contribution in [0.5, 0.6) is 0 Å². The van der Waals surface area contributed by atoms with Crippen LogP contribution in [0.4, 0.5) is 0 Å². The summed E-state index contributed by atoms with van der Waals surface area (Å²) in [5.74, 6) is 0. The summed E-state index contributed by atoms with van der Waals surface area (Å²) in [6, 6.07) is 10.1. The molecule has 0 bridgehead atoms. The fourth-order valence-corrected chi connectivity index (χ4v) is 2.27. The van der Waals surface area contributed by atoms with Crippen molar-refractivity contribution >= 4 is 23.0 Å². The van der Waals surface area contributed by atoms with Gasteiger partial charge in [-0.2, -0.15) is 5.10 Å². The molecule has 3 nitrogen and oxygen atoms in total. The molecule has 0 aliphatic carbocycles. The zero-order valence-electron chi connectivity index (χ0n) is 10.7. The number of hydrazone groups is 1. The van der Waals surface area contributed by atoms with Crippen LogP contribution in [0.25, 0.3) is 0 Å². The van der Waals surface area contributed by atoms with Gasteiger partial charge in [0.15, 0.2) is 5.11 Å². The van der Waals surface area contributed by atoms with Crippen molar-refractivity contribution in [2.45, 2.75) is 26.2 Å². The molecular formula is C14H19N3S. The van der Waals surface area contributed by atoms with Crippen LogP contribution in [-0.2, 0) is 0 Å². The number of piperidine rings is 1. The number of nitrogens with one attached hydrogen (secondary N) is 1. The summed E-state index contributed by atoms with van der Waals surface area (Å²) >= 11 is 5.35. The Bertz CT molecular complexity index is 422. The van der Waals surface area contributed by atoms with Gasteiger partial charge in [-0.1, -0.05) is 30.3 Å². The largest absolute Gasteiger partial charge is 0.348 e. The van der Waals surface area contributed by atoms with E-state index in [1.54, 1.807) is 0 Å². The van der Waals surface area contributed by atoms with Crippen molar-refractivity contribution < 1.29 is 0 Å². The highest BCUT2D eigenvalue weighted by Gasteiger charge is 2.12. The molecule has 1 aliphatic rings. The first-order valence-corrected chi connectivity index (χ1v) is 6.83. The number of hydrogen-bond donors (Lipinski definition) is 1. The zero-order valence-corrected chi connectivity index (χ0v) is 11.5. The van der Waals surface area contributed by atoms with E-state index < -0.39 is 0 Å². The second-order valence-corrected chi connectivity index (χ2v) is 4.91. The Hall–Kier alpha value is -1.42. The van der Waals surface area contributed by atoms with Gasteiger partial charge in [0.1, 0.15) is 0 Å². The Labute approximate surface area is 114 Å². The summed E-state index contributed by atoms with van der Waals surface area (Å²) in [6.45, 7) is 4.08. The van der Waals surface area contributed by atoms with E-state index in [2.05, 4.69) is 15.4 Å². The maximum absolute atomic E-state index is 5.35. The number of thiocarbonyl (C=S) groups is 1. The minimum absolute atomic E-state index is 0.741. The molecular weight excluding hydrogens is 242 g/mol. The third-order valence-electron chi connectivity index (χ3n) is 3.15. The van der Waals surface area contributed by atoms with Gasteiger partial charge in [-0.25, -0.2) is 0 Å². The average Bonchev–Trinajstić information content (AvgIpc) is 2.46. The van der Waals surface area contributed by atoms with Gasteiger partial charge in [-0.05, 0) is 44.0 Å². The lowest BCUT2D eigenvalue weighted by molar-refractivity contribution is 0.338. The second kappa shape index (κ2) is 6.50. The van der Waals surface area contributed by atoms with Gasteiger partial charge in [0.05, 0.1) is 5.71 Å². The number of hydrogen-bond acceptors (Lipinski definition) is 2. The minimum atomic E-state index is 0.741. The number of likely N-dealkylation sites (tertiary alicyclic amines) is 1. The molecule has 1 saturated heterocycles. The molecule has 18 heavy (non-hydrogen) atoms. The molecule has 1 heterocycles. The third-order valence-corrected chi connectivity index (χ3v) is 3.50. The van der Waals surface area contributed by atoms with Crippen LogP contribution in [-0.4, -0.2) is 28.8 Å². The van der Waals surface area contributed by atoms with E-state index in [4.69, 9.17) is 12.2 Å². The van der Waals surface area contributed by atoms with Gasteiger partial charge in [-0.3, -0.25) is 5.43 Å². The fraction of sp³-hybridized carbons (Fsp3) is 0.429. The SMILES string of the molecule is CC(=NNC(=S)N1CCCCC1)c1ccccc1. The predicted molar refractivity (Wildman–Crippen MR) is 79.8 cm³/mol. The topological polar surface area (TPSA) is 27.6 Å². The zero-order chi connectivity index (χ0) is 12.8. The van der Waals surface area contributed by atoms with Crippen LogP contribution in [0.1, 0.15) is 31.7 Å². The maximum Gasteiger partial charge on any atom is 0.189 e. The van der Waals surface area contributed by atoms with E-state index in [0.717, 1.165) is 29.5 Å². The Morgan fingerprint density at radius 3 is 2.50 bits per heavy atom. The van der Waals surface area contributed by atoms with E-state index in [0.29, 0.717) is 0 Å². The van der Waals surface area contributed by atoms with Crippen LogP contribution in [0.3, 0.4) is 0 Å². The lowest BCUT2D eigenvalue weighted by atomic mass is 10.1. The average molecular weight is 261 g/mol. The van der Waals surface area contributed by atoms with Crippen LogP contribution >= 0.6 is 12.2 Å². The van der Waals surface area contributed by atoms with Crippen LogP contribution in [0, 0.1) is 0 Å². The molecule has 0 atom stereocenters. The van der Waals surface area contributed by atoms with Gasteiger partial charge in [0.2, 0.25) is 0 Å². The van der Waals surface area contributed by atoms with Crippen molar-refractivity contribution in [3.8, 4) is 0 Å². The summed E-state index contributed by atoms with van der Waals surface area (Å²) < 4.78 is 0. The molecule has 0 aromatic heterocycles. The molecule has 0 saturated carbocycles. The molecule has 96 valence electrons. The van der Waals surface area contributed by atoms with Crippen molar-refractivity contribution in [3.63, 3.8) is 0 Å². The van der Waals surface area contributed by atoms with E-state index in [9.17, 15) is 0 Å². The van der Waals surface area contributed by atoms with E-state index in [1.165, 1.54) is 19.3 Å². The summed E-state index contributed by atoms with van der Waals surface area (Å²) in [6.07, 6.45) is 3.76. The number of nitrogens with zero attached hydrogens (tertiary/aromatic N) is 2. The summed E-state index contributed by atoms with van der Waals surface area (Å²) in [7, 11) is 0. The Morgan fingerprint density at radius 1 is 1.17 bits per heavy atom. The van der Waals surface area contributed by atoms with Gasteiger partial charge in [0.25, 0.3) is 0 Å². The second-order valence-electron chi connectivity index (χ2n) is 4.53. The van der Waals surface area contributed by atoms with Crippen molar-refractivity contribution in [1.29, 1.82) is 0 Å². The van der Waals surface area contributed by atoms with Crippen molar-refractivity contribution in [2.24, 2.45) is 5.10 Å². The quantitative estimate of drug-likeness (QED) is 0.504. The van der Waals surface area contributed by atoms with Crippen LogP contribution in [0.15, 0.2) is 35.4 Å². The molecule has 1 aromatic carbocycles. The normalized spacial score (nSPS) is 16.5. The van der Waals surface area contributed by atoms with Crippen molar-refractivity contribution in [3.05, 3.63) is 35.9 Å². The van der Waals surface area contributed by atoms with E-state index in [-0.39, 0.29) is 0 Å². The first kappa shape index (κ1) is 13.0. The van der Waals surface area contributed by atoms with Gasteiger partial charge >= 0.3 is 0 Å². The summed E-state index contributed by atoms with van der Waals surface area (Å²) in [4.78, 5) is 2.20. The molecule has 2 rings (SSSR count). The molecule has 0 radical (unpaired) electrons. The van der Waals surface area contributed by atoms with Gasteiger partial charge in [-0.15, -0.1) is 0 Å². The Morgan fingerprint density at radius 2 is 1.83 bits per heavy atom. The Kier molecular flexibility index (Phi) is 4.70. The monoisotopic (exact) mass is 261 g/mol. The van der Waals surface area contributed by atoms with Gasteiger partial charge < -0.3 is 4.90 Å². The molecule has 1 aliphatic heterocycles. The molecule has 0 spiro atoms. The van der Waals surface area contributed by atoms with E-state index >= 15 is 0 Å². The highest BCUT2D eigenvalue weighted by molar-refractivity contribution is 7.80. The van der Waals surface area contributed by atoms with Crippen molar-refractivity contribution in [2.75, 3.05) is 13.1 Å². The standard InChI is InChI=1S/C14H19N3S/c1-12(13-8-4-2-5-9-13)15-16-14(18)17-10-6-3-7-11-17/h2,4-5,8-9H,3,6-7,10-11H2,1H3,(H,16,18). The molecule has 1 aromatic rings. The molecule has 1 N–H and O–H groups in total. The first-order chi connectivity index (χ1) is 8.77.